The predicted octanol–water partition coefficient (Wildman–Crippen LogP) is 0.479. The summed E-state index contributed by atoms with van der Waals surface area (Å²) in [6.45, 7) is 23.8. The van der Waals surface area contributed by atoms with Crippen molar-refractivity contribution in [3.05, 3.63) is 32.9 Å². The molecule has 53 valence electrons. The van der Waals surface area contributed by atoms with E-state index in [1.165, 1.54) is 0 Å². The Morgan fingerprint density at radius 2 is 0.364 bits per heavy atom. The molecule has 1 radical (unpaired) electrons. The fourth-order valence-electron chi connectivity index (χ4n) is 0. The Morgan fingerprint density at radius 3 is 0.364 bits per heavy atom. The minimum absolute atomic E-state index is 0. The van der Waals surface area contributed by atoms with Crippen molar-refractivity contribution in [3.8, 4) is 0 Å². The van der Waals surface area contributed by atoms with Crippen LogP contribution in [-0.4, -0.2) is 0 Å². The topological polar surface area (TPSA) is 119 Å². The molecule has 6 heteroatoms. The molecule has 0 aliphatic rings. The van der Waals surface area contributed by atoms with Gasteiger partial charge in [-0.05, 0) is 0 Å². The molecule has 5 nitrogen and oxygen atoms in total. The van der Waals surface area contributed by atoms with E-state index in [4.69, 9.17) is 59.2 Å². The van der Waals surface area contributed by atoms with Crippen LogP contribution < -0.4 is 0 Å². The van der Waals surface area contributed by atoms with Crippen LogP contribution in [0.4, 0.5) is 0 Å². The molecule has 0 amide bonds. The van der Waals surface area contributed by atoms with E-state index in [2.05, 4.69) is 0 Å². The minimum atomic E-state index is 0. The van der Waals surface area contributed by atoms with Crippen LogP contribution in [0.25, 0.3) is 0 Å². The Morgan fingerprint density at radius 1 is 0.364 bits per heavy atom. The maximum absolute atomic E-state index is 6.25. The number of rotatable bonds is 0. The van der Waals surface area contributed by atoms with Crippen LogP contribution >= 0.6 is 0 Å². The Kier molecular flexibility index (Phi) is 619. The van der Waals surface area contributed by atoms with E-state index in [-0.39, 0.29) is 19.5 Å². The third-order valence-corrected chi connectivity index (χ3v) is 0. The summed E-state index contributed by atoms with van der Waals surface area (Å²) < 4.78 is 0. The van der Waals surface area contributed by atoms with Crippen LogP contribution in [0.2, 0.25) is 0 Å². The van der Waals surface area contributed by atoms with Crippen LogP contribution in [0.3, 0.4) is 0 Å². The van der Waals surface area contributed by atoms with E-state index < -0.39 is 0 Å². The summed E-state index contributed by atoms with van der Waals surface area (Å²) in [5.74, 6) is 0. The second kappa shape index (κ2) is 109. The fraction of sp³-hybridized carbons (Fsp3) is 0. The van der Waals surface area contributed by atoms with E-state index >= 15 is 0 Å². The molecule has 0 aliphatic carbocycles. The quantitative estimate of drug-likeness (QED) is 0.443. The summed E-state index contributed by atoms with van der Waals surface area (Å²) in [5, 5.41) is 31.2. The van der Waals surface area contributed by atoms with E-state index in [1.54, 1.807) is 0 Å². The molecular weight excluding hydrogens is 231 g/mol. The number of hydrogen-bond donors (Lipinski definition) is 0. The average molecular weight is 231 g/mol. The van der Waals surface area contributed by atoms with Gasteiger partial charge in [0.1, 0.15) is 0 Å². The second-order valence-corrected chi connectivity index (χ2v) is 0. The number of nitrogens with zero attached hydrogens (tertiary/aromatic N) is 5. The molecule has 0 aromatic carbocycles. The van der Waals surface area contributed by atoms with Crippen LogP contribution in [0, 0.1) is 59.2 Å². The first-order valence-corrected chi connectivity index (χ1v) is 1.12. The van der Waals surface area contributed by atoms with Crippen molar-refractivity contribution in [1.82, 2.24) is 0 Å². The monoisotopic (exact) mass is 232 g/mol. The predicted molar refractivity (Wildman–Crippen MR) is 24.8 cm³/mol. The summed E-state index contributed by atoms with van der Waals surface area (Å²) >= 11 is 0. The zero-order valence-corrected chi connectivity index (χ0v) is 6.83. The van der Waals surface area contributed by atoms with Crippen molar-refractivity contribution in [1.29, 1.82) is 26.3 Å². The largest absolute Gasteiger partial charge is 5.00 e. The molecule has 0 aromatic heterocycles. The molecule has 0 heterocycles. The molecule has 0 N–H and O–H groups in total. The van der Waals surface area contributed by atoms with E-state index in [0.29, 0.717) is 0 Å². The molecular formula is C5N5Ru. The molecule has 0 bridgehead atoms. The van der Waals surface area contributed by atoms with Crippen molar-refractivity contribution >= 4 is 0 Å². The zero-order valence-electron chi connectivity index (χ0n) is 5.09. The summed E-state index contributed by atoms with van der Waals surface area (Å²) in [7, 11) is 0. The van der Waals surface area contributed by atoms with Gasteiger partial charge >= 0.3 is 19.5 Å². The summed E-state index contributed by atoms with van der Waals surface area (Å²) in [4.78, 5) is 0. The van der Waals surface area contributed by atoms with E-state index in [0.717, 1.165) is 0 Å². The first-order valence-electron chi connectivity index (χ1n) is 1.12. The van der Waals surface area contributed by atoms with Crippen molar-refractivity contribution in [2.45, 2.75) is 0 Å². The Labute approximate surface area is 79.1 Å². The summed E-state index contributed by atoms with van der Waals surface area (Å²) in [5.41, 5.74) is 0. The molecule has 11 heavy (non-hydrogen) atoms. The van der Waals surface area contributed by atoms with Crippen molar-refractivity contribution < 1.29 is 19.5 Å². The van der Waals surface area contributed by atoms with E-state index in [1.807, 2.05) is 0 Å². The SMILES string of the molecule is [C-]#N.[C-]#N.[C-]#N.[C-]#N.[C-]#N.[Ru+5]. The Hall–Kier alpha value is -1.93. The van der Waals surface area contributed by atoms with Crippen LogP contribution in [0.15, 0.2) is 0 Å². The third kappa shape index (κ3) is 80.2. The normalized spacial score (nSPS) is 0.909. The van der Waals surface area contributed by atoms with Gasteiger partial charge in [0.2, 0.25) is 0 Å². The van der Waals surface area contributed by atoms with Crippen molar-refractivity contribution in [2.75, 3.05) is 0 Å². The smallest absolute Gasteiger partial charge is 0.512 e. The van der Waals surface area contributed by atoms with Crippen LogP contribution in [0.5, 0.6) is 0 Å². The average Bonchev–Trinajstić information content (AvgIpc) is 2.20. The van der Waals surface area contributed by atoms with Gasteiger partial charge in [-0.25, -0.2) is 0 Å². The maximum Gasteiger partial charge on any atom is 5.00 e. The maximum atomic E-state index is 6.25. The van der Waals surface area contributed by atoms with Gasteiger partial charge in [-0.1, -0.05) is 0 Å². The van der Waals surface area contributed by atoms with Gasteiger partial charge in [0.05, 0.1) is 0 Å². The van der Waals surface area contributed by atoms with Gasteiger partial charge in [-0.15, -0.1) is 0 Å². The molecule has 0 saturated heterocycles. The summed E-state index contributed by atoms with van der Waals surface area (Å²) in [6, 6.07) is 0. The first kappa shape index (κ1) is 62.6. The molecule has 0 saturated carbocycles. The molecule has 0 fully saturated rings. The van der Waals surface area contributed by atoms with Crippen molar-refractivity contribution in [3.63, 3.8) is 0 Å². The second-order valence-electron chi connectivity index (χ2n) is 0. The van der Waals surface area contributed by atoms with Crippen molar-refractivity contribution in [2.24, 2.45) is 0 Å². The third-order valence-electron chi connectivity index (χ3n) is 0. The minimum Gasteiger partial charge on any atom is -0.512 e. The molecule has 0 aromatic rings. The molecule has 0 atom stereocenters. The van der Waals surface area contributed by atoms with Gasteiger partial charge in [-0.3, -0.25) is 0 Å². The molecule has 0 rings (SSSR count). The Bertz CT molecular complexity index is 73.4. The Balaban J connectivity index is -0.00000000694. The molecule has 0 spiro atoms. The van der Waals surface area contributed by atoms with Crippen LogP contribution in [-0.2, 0) is 19.5 Å². The van der Waals surface area contributed by atoms with Gasteiger partial charge in [0, 0.05) is 0 Å². The van der Waals surface area contributed by atoms with Gasteiger partial charge in [0.15, 0.2) is 0 Å². The fourth-order valence-corrected chi connectivity index (χ4v) is 0. The van der Waals surface area contributed by atoms with Gasteiger partial charge < -0.3 is 59.2 Å². The first-order chi connectivity index (χ1) is 5.00. The van der Waals surface area contributed by atoms with E-state index in [9.17, 15) is 0 Å². The molecule has 0 unspecified atom stereocenters. The standard InChI is InChI=1S/5CN.Ru/c5*1-2;/q5*-1;+5. The van der Waals surface area contributed by atoms with Gasteiger partial charge in [-0.2, -0.15) is 0 Å². The van der Waals surface area contributed by atoms with Gasteiger partial charge in [0.25, 0.3) is 0 Å². The molecule has 0 aliphatic heterocycles. The summed E-state index contributed by atoms with van der Waals surface area (Å²) in [6.07, 6.45) is 0. The van der Waals surface area contributed by atoms with Crippen LogP contribution in [0.1, 0.15) is 0 Å². The number of hydrogen-bond acceptors (Lipinski definition) is 5. The zero-order chi connectivity index (χ0) is 10.0.